The molecule has 56 valence electrons. The maximum Gasteiger partial charge on any atom is 0.0772 e. The molecule has 4 heteroatoms. The van der Waals surface area contributed by atoms with Crippen LogP contribution in [0.1, 0.15) is 6.42 Å². The van der Waals surface area contributed by atoms with Crippen molar-refractivity contribution >= 4 is 12.4 Å². The maximum absolute atomic E-state index is 8.81. The lowest BCUT2D eigenvalue weighted by molar-refractivity contribution is -0.0706. The summed E-state index contributed by atoms with van der Waals surface area (Å²) in [6.45, 7) is 0. The molecule has 0 spiro atoms. The number of ether oxygens (including phenoxy) is 1. The van der Waals surface area contributed by atoms with Gasteiger partial charge in [0.25, 0.3) is 0 Å². The van der Waals surface area contributed by atoms with E-state index in [-0.39, 0.29) is 30.7 Å². The monoisotopic (exact) mass is 153 g/mol. The molecule has 9 heavy (non-hydrogen) atoms. The fraction of sp³-hybridized carbons (Fsp3) is 1.00. The van der Waals surface area contributed by atoms with Gasteiger partial charge in [-0.25, -0.2) is 0 Å². The van der Waals surface area contributed by atoms with Gasteiger partial charge in [-0.15, -0.1) is 12.4 Å². The highest BCUT2D eigenvalue weighted by molar-refractivity contribution is 5.85. The Bertz CT molecular complexity index is 91.0. The van der Waals surface area contributed by atoms with Crippen LogP contribution < -0.4 is 5.73 Å². The molecule has 1 aliphatic rings. The van der Waals surface area contributed by atoms with Gasteiger partial charge in [0.05, 0.1) is 18.2 Å². The number of aliphatic hydroxyl groups excluding tert-OH is 1. The molecule has 3 N–H and O–H groups in total. The van der Waals surface area contributed by atoms with E-state index < -0.39 is 0 Å². The van der Waals surface area contributed by atoms with Gasteiger partial charge in [-0.1, -0.05) is 0 Å². The molecule has 0 aromatic carbocycles. The van der Waals surface area contributed by atoms with Crippen molar-refractivity contribution in [1.29, 1.82) is 0 Å². The zero-order valence-corrected chi connectivity index (χ0v) is 6.10. The van der Waals surface area contributed by atoms with Gasteiger partial charge in [0.2, 0.25) is 0 Å². The minimum absolute atomic E-state index is 0. The van der Waals surface area contributed by atoms with Gasteiger partial charge in [0.15, 0.2) is 0 Å². The van der Waals surface area contributed by atoms with E-state index in [4.69, 9.17) is 15.6 Å². The second-order valence-electron chi connectivity index (χ2n) is 2.15. The van der Waals surface area contributed by atoms with Gasteiger partial charge in [0, 0.05) is 13.5 Å². The molecule has 0 aromatic rings. The van der Waals surface area contributed by atoms with Crippen molar-refractivity contribution in [1.82, 2.24) is 0 Å². The molecule has 0 amide bonds. The minimum Gasteiger partial charge on any atom is -0.391 e. The molecular weight excluding hydrogens is 142 g/mol. The van der Waals surface area contributed by atoms with Crippen LogP contribution >= 0.6 is 12.4 Å². The van der Waals surface area contributed by atoms with Gasteiger partial charge in [0.1, 0.15) is 0 Å². The van der Waals surface area contributed by atoms with E-state index in [1.54, 1.807) is 7.11 Å². The van der Waals surface area contributed by atoms with Crippen LogP contribution in [0.15, 0.2) is 0 Å². The number of halogens is 1. The van der Waals surface area contributed by atoms with E-state index in [1.807, 2.05) is 0 Å². The van der Waals surface area contributed by atoms with E-state index in [2.05, 4.69) is 0 Å². The number of rotatable bonds is 1. The Kier molecular flexibility index (Phi) is 3.43. The molecule has 1 saturated carbocycles. The summed E-state index contributed by atoms with van der Waals surface area (Å²) in [6.07, 6.45) is 0.447. The summed E-state index contributed by atoms with van der Waals surface area (Å²) in [5.74, 6) is 0. The minimum atomic E-state index is -0.333. The number of hydrogen-bond acceptors (Lipinski definition) is 3. The molecule has 0 aromatic heterocycles. The van der Waals surface area contributed by atoms with Crippen molar-refractivity contribution < 1.29 is 9.84 Å². The maximum atomic E-state index is 8.81. The Morgan fingerprint density at radius 3 is 2.33 bits per heavy atom. The fourth-order valence-corrected chi connectivity index (χ4v) is 0.858. The van der Waals surface area contributed by atoms with Crippen molar-refractivity contribution in [2.45, 2.75) is 24.7 Å². The molecule has 0 aliphatic heterocycles. The molecule has 1 rings (SSSR count). The normalized spacial score (nSPS) is 41.0. The molecule has 0 heterocycles. The van der Waals surface area contributed by atoms with Gasteiger partial charge in [-0.2, -0.15) is 0 Å². The van der Waals surface area contributed by atoms with Crippen LogP contribution in [0.5, 0.6) is 0 Å². The quantitative estimate of drug-likeness (QED) is 0.535. The molecule has 3 nitrogen and oxygen atoms in total. The summed E-state index contributed by atoms with van der Waals surface area (Å²) in [7, 11) is 1.61. The Morgan fingerprint density at radius 2 is 2.22 bits per heavy atom. The van der Waals surface area contributed by atoms with Crippen molar-refractivity contribution in [3.63, 3.8) is 0 Å². The lowest BCUT2D eigenvalue weighted by Crippen LogP contribution is -2.57. The van der Waals surface area contributed by atoms with Crippen molar-refractivity contribution in [2.24, 2.45) is 5.73 Å². The van der Waals surface area contributed by atoms with Crippen molar-refractivity contribution in [3.05, 3.63) is 0 Å². The van der Waals surface area contributed by atoms with Crippen molar-refractivity contribution in [2.75, 3.05) is 7.11 Å². The van der Waals surface area contributed by atoms with Crippen LogP contribution in [-0.2, 0) is 4.74 Å². The van der Waals surface area contributed by atoms with Crippen LogP contribution in [0.25, 0.3) is 0 Å². The standard InChI is InChI=1S/C5H11NO2.ClH/c1-8-4-2-3(7)5(4)6;/h3-5,7H,2,6H2,1H3;1H/t3-,4-,5+;/m1./s1. The Morgan fingerprint density at radius 1 is 1.67 bits per heavy atom. The summed E-state index contributed by atoms with van der Waals surface area (Å²) in [4.78, 5) is 0. The van der Waals surface area contributed by atoms with Gasteiger partial charge in [-0.05, 0) is 0 Å². The number of hydrogen-bond donors (Lipinski definition) is 2. The molecular formula is C5H12ClNO2. The van der Waals surface area contributed by atoms with Crippen LogP contribution in [0, 0.1) is 0 Å². The topological polar surface area (TPSA) is 55.5 Å². The SMILES string of the molecule is CO[C@@H]1C[C@@H](O)[C@@H]1N.Cl. The van der Waals surface area contributed by atoms with Crippen LogP contribution in [-0.4, -0.2) is 30.5 Å². The first kappa shape index (κ1) is 9.17. The zero-order chi connectivity index (χ0) is 6.15. The summed E-state index contributed by atoms with van der Waals surface area (Å²) in [5.41, 5.74) is 5.40. The Labute approximate surface area is 60.6 Å². The van der Waals surface area contributed by atoms with E-state index in [1.165, 1.54) is 0 Å². The highest BCUT2D eigenvalue weighted by Crippen LogP contribution is 2.20. The van der Waals surface area contributed by atoms with E-state index in [9.17, 15) is 0 Å². The third kappa shape index (κ3) is 1.55. The van der Waals surface area contributed by atoms with Crippen LogP contribution in [0.3, 0.4) is 0 Å². The molecule has 0 unspecified atom stereocenters. The molecule has 0 bridgehead atoms. The van der Waals surface area contributed by atoms with Gasteiger partial charge >= 0.3 is 0 Å². The average molecular weight is 154 g/mol. The summed E-state index contributed by atoms with van der Waals surface area (Å²) >= 11 is 0. The highest BCUT2D eigenvalue weighted by atomic mass is 35.5. The zero-order valence-electron chi connectivity index (χ0n) is 5.28. The average Bonchev–Trinajstić information content (AvgIpc) is 1.81. The summed E-state index contributed by atoms with van der Waals surface area (Å²) < 4.78 is 4.88. The fourth-order valence-electron chi connectivity index (χ4n) is 0.858. The van der Waals surface area contributed by atoms with E-state index >= 15 is 0 Å². The van der Waals surface area contributed by atoms with Crippen molar-refractivity contribution in [3.8, 4) is 0 Å². The molecule has 3 atom stereocenters. The number of methoxy groups -OCH3 is 1. The number of aliphatic hydroxyl groups is 1. The first-order valence-electron chi connectivity index (χ1n) is 2.72. The highest BCUT2D eigenvalue weighted by Gasteiger charge is 2.36. The van der Waals surface area contributed by atoms with Crippen LogP contribution in [0.4, 0.5) is 0 Å². The second kappa shape index (κ2) is 3.37. The van der Waals surface area contributed by atoms with Gasteiger partial charge < -0.3 is 15.6 Å². The number of nitrogens with two attached hydrogens (primary N) is 1. The first-order valence-corrected chi connectivity index (χ1v) is 2.72. The molecule has 1 aliphatic carbocycles. The first-order chi connectivity index (χ1) is 3.75. The third-order valence-electron chi connectivity index (χ3n) is 1.65. The summed E-state index contributed by atoms with van der Waals surface area (Å²) in [5, 5.41) is 8.81. The van der Waals surface area contributed by atoms with Gasteiger partial charge in [-0.3, -0.25) is 0 Å². The second-order valence-corrected chi connectivity index (χ2v) is 2.15. The largest absolute Gasteiger partial charge is 0.391 e. The predicted molar refractivity (Wildman–Crippen MR) is 36.6 cm³/mol. The lowest BCUT2D eigenvalue weighted by atomic mass is 9.86. The smallest absolute Gasteiger partial charge is 0.0772 e. The lowest BCUT2D eigenvalue weighted by Gasteiger charge is -2.37. The molecule has 0 saturated heterocycles. The van der Waals surface area contributed by atoms with Crippen LogP contribution in [0.2, 0.25) is 0 Å². The Balaban J connectivity index is 0.000000640. The van der Waals surface area contributed by atoms with E-state index in [0.717, 1.165) is 0 Å². The molecule has 0 radical (unpaired) electrons. The Hall–Kier alpha value is 0.170. The summed E-state index contributed by atoms with van der Waals surface area (Å²) in [6, 6.07) is -0.153. The molecule has 1 fully saturated rings. The third-order valence-corrected chi connectivity index (χ3v) is 1.65. The van der Waals surface area contributed by atoms with E-state index in [0.29, 0.717) is 6.42 Å². The predicted octanol–water partition coefficient (Wildman–Crippen LogP) is -0.485.